The fourth-order valence-electron chi connectivity index (χ4n) is 1.45. The largest absolute Gasteiger partial charge is 0.389 e. The first kappa shape index (κ1) is 11.6. The zero-order valence-electron chi connectivity index (χ0n) is 9.13. The van der Waals surface area contributed by atoms with Gasteiger partial charge in [0.1, 0.15) is 5.60 Å². The minimum absolute atomic E-state index is 0.00870. The predicted molar refractivity (Wildman–Crippen MR) is 64.2 cm³/mol. The lowest BCUT2D eigenvalue weighted by atomic mass is 10.1. The van der Waals surface area contributed by atoms with Gasteiger partial charge in [-0.25, -0.2) is 8.42 Å². The molecule has 6 heteroatoms. The molecule has 0 N–H and O–H groups in total. The summed E-state index contributed by atoms with van der Waals surface area (Å²) in [5, 5.41) is 7.52. The number of rotatable bonds is 2. The highest BCUT2D eigenvalue weighted by atomic mass is 32.2. The Hall–Kier alpha value is -0.880. The second-order valence-electron chi connectivity index (χ2n) is 4.40. The summed E-state index contributed by atoms with van der Waals surface area (Å²) in [5.74, 6) is 0.00870. The molecule has 0 saturated heterocycles. The van der Waals surface area contributed by atoms with Crippen LogP contribution in [0.15, 0.2) is 22.0 Å². The van der Waals surface area contributed by atoms with Gasteiger partial charge < -0.3 is 4.84 Å². The summed E-state index contributed by atoms with van der Waals surface area (Å²) in [6.07, 6.45) is 0.347. The van der Waals surface area contributed by atoms with Gasteiger partial charge in [-0.1, -0.05) is 5.16 Å². The van der Waals surface area contributed by atoms with E-state index in [1.807, 2.05) is 30.7 Å². The van der Waals surface area contributed by atoms with Crippen LogP contribution in [0.1, 0.15) is 25.8 Å². The van der Waals surface area contributed by atoms with Crippen molar-refractivity contribution in [2.75, 3.05) is 0 Å². The van der Waals surface area contributed by atoms with E-state index < -0.39 is 15.4 Å². The van der Waals surface area contributed by atoms with Crippen LogP contribution in [0.2, 0.25) is 0 Å². The third-order valence-electron chi connectivity index (χ3n) is 2.27. The molecule has 88 valence electrons. The Morgan fingerprint density at radius 2 is 2.31 bits per heavy atom. The fraction of sp³-hybridized carbons (Fsp3) is 0.500. The van der Waals surface area contributed by atoms with Crippen molar-refractivity contribution >= 4 is 26.2 Å². The summed E-state index contributed by atoms with van der Waals surface area (Å²) < 4.78 is 24.0. The molecular formula is C10H13NO3S2. The van der Waals surface area contributed by atoms with Crippen LogP contribution in [-0.2, 0) is 20.4 Å². The molecule has 0 spiro atoms. The Kier molecular flexibility index (Phi) is 2.79. The Labute approximate surface area is 98.8 Å². The second-order valence-corrected chi connectivity index (χ2v) is 7.17. The molecule has 1 aromatic heterocycles. The number of sulfone groups is 1. The summed E-state index contributed by atoms with van der Waals surface area (Å²) in [7, 11) is -3.32. The van der Waals surface area contributed by atoms with Gasteiger partial charge >= 0.3 is 0 Å². The summed E-state index contributed by atoms with van der Waals surface area (Å²) in [5.41, 5.74) is 0.300. The van der Waals surface area contributed by atoms with E-state index in [0.29, 0.717) is 6.42 Å². The molecule has 0 saturated carbocycles. The lowest BCUT2D eigenvalue weighted by molar-refractivity contribution is 0.0123. The van der Waals surface area contributed by atoms with Gasteiger partial charge in [0.15, 0.2) is 14.9 Å². The molecule has 1 aliphatic rings. The molecule has 0 atom stereocenters. The lowest BCUT2D eigenvalue weighted by Gasteiger charge is -2.13. The van der Waals surface area contributed by atoms with Crippen molar-refractivity contribution < 1.29 is 13.3 Å². The van der Waals surface area contributed by atoms with Gasteiger partial charge in [0, 0.05) is 6.42 Å². The summed E-state index contributed by atoms with van der Waals surface area (Å²) >= 11 is 1.49. The smallest absolute Gasteiger partial charge is 0.199 e. The SMILES string of the molecule is CC1(C)CC(S(=O)(=O)Cc2ccsc2)=NO1. The van der Waals surface area contributed by atoms with Crippen molar-refractivity contribution in [3.05, 3.63) is 22.4 Å². The van der Waals surface area contributed by atoms with E-state index in [2.05, 4.69) is 5.16 Å². The first-order valence-corrected chi connectivity index (χ1v) is 7.47. The molecule has 1 aliphatic heterocycles. The highest BCUT2D eigenvalue weighted by Gasteiger charge is 2.35. The van der Waals surface area contributed by atoms with Crippen LogP contribution in [-0.4, -0.2) is 19.1 Å². The molecule has 0 aromatic carbocycles. The van der Waals surface area contributed by atoms with Gasteiger partial charge in [0.25, 0.3) is 0 Å². The maximum absolute atomic E-state index is 12.0. The molecular weight excluding hydrogens is 246 g/mol. The monoisotopic (exact) mass is 259 g/mol. The van der Waals surface area contributed by atoms with E-state index in [4.69, 9.17) is 4.84 Å². The van der Waals surface area contributed by atoms with E-state index in [1.165, 1.54) is 11.3 Å². The molecule has 2 heterocycles. The van der Waals surface area contributed by atoms with Crippen LogP contribution in [0.3, 0.4) is 0 Å². The van der Waals surface area contributed by atoms with Crippen LogP contribution < -0.4 is 0 Å². The van der Waals surface area contributed by atoms with Crippen molar-refractivity contribution in [2.45, 2.75) is 31.6 Å². The molecule has 0 aliphatic carbocycles. The molecule has 4 nitrogen and oxygen atoms in total. The third-order valence-corrected chi connectivity index (χ3v) is 4.65. The fourth-order valence-corrected chi connectivity index (χ4v) is 3.72. The first-order valence-electron chi connectivity index (χ1n) is 4.88. The minimum Gasteiger partial charge on any atom is -0.389 e. The van der Waals surface area contributed by atoms with Gasteiger partial charge in [0.05, 0.1) is 5.75 Å². The quantitative estimate of drug-likeness (QED) is 0.818. The van der Waals surface area contributed by atoms with E-state index >= 15 is 0 Å². The Morgan fingerprint density at radius 3 is 2.81 bits per heavy atom. The highest BCUT2D eigenvalue weighted by Crippen LogP contribution is 2.26. The highest BCUT2D eigenvalue weighted by molar-refractivity contribution is 8.05. The van der Waals surface area contributed by atoms with Crippen LogP contribution in [0, 0.1) is 0 Å². The number of hydrogen-bond acceptors (Lipinski definition) is 5. The normalized spacial score (nSPS) is 19.2. The predicted octanol–water partition coefficient (Wildman–Crippen LogP) is 2.18. The van der Waals surface area contributed by atoms with E-state index in [0.717, 1.165) is 5.56 Å². The van der Waals surface area contributed by atoms with Crippen molar-refractivity contribution in [3.63, 3.8) is 0 Å². The molecule has 0 bridgehead atoms. The van der Waals surface area contributed by atoms with Gasteiger partial charge in [-0.05, 0) is 36.2 Å². The molecule has 1 aromatic rings. The van der Waals surface area contributed by atoms with Crippen molar-refractivity contribution in [1.82, 2.24) is 0 Å². The summed E-state index contributed by atoms with van der Waals surface area (Å²) in [4.78, 5) is 5.07. The Balaban J connectivity index is 2.16. The summed E-state index contributed by atoms with van der Waals surface area (Å²) in [6, 6.07) is 1.81. The van der Waals surface area contributed by atoms with Crippen molar-refractivity contribution in [2.24, 2.45) is 5.16 Å². The topological polar surface area (TPSA) is 55.7 Å². The van der Waals surface area contributed by atoms with Crippen LogP contribution in [0.25, 0.3) is 0 Å². The van der Waals surface area contributed by atoms with Crippen LogP contribution >= 0.6 is 11.3 Å². The molecule has 2 rings (SSSR count). The van der Waals surface area contributed by atoms with Crippen molar-refractivity contribution in [3.8, 4) is 0 Å². The van der Waals surface area contributed by atoms with E-state index in [1.54, 1.807) is 0 Å². The van der Waals surface area contributed by atoms with Gasteiger partial charge in [-0.3, -0.25) is 0 Å². The average molecular weight is 259 g/mol. The molecule has 16 heavy (non-hydrogen) atoms. The number of thiophene rings is 1. The van der Waals surface area contributed by atoms with Crippen LogP contribution in [0.5, 0.6) is 0 Å². The minimum atomic E-state index is -3.32. The Morgan fingerprint density at radius 1 is 1.56 bits per heavy atom. The van der Waals surface area contributed by atoms with Gasteiger partial charge in [-0.15, -0.1) is 0 Å². The number of oxime groups is 1. The zero-order chi connectivity index (χ0) is 11.8. The third kappa shape index (κ3) is 2.44. The molecule has 0 amide bonds. The maximum Gasteiger partial charge on any atom is 0.199 e. The lowest BCUT2D eigenvalue weighted by Crippen LogP contribution is -2.23. The molecule has 0 fully saturated rings. The zero-order valence-corrected chi connectivity index (χ0v) is 10.8. The number of nitrogens with zero attached hydrogens (tertiary/aromatic N) is 1. The maximum atomic E-state index is 12.0. The van der Waals surface area contributed by atoms with Gasteiger partial charge in [0.2, 0.25) is 0 Å². The first-order chi connectivity index (χ1) is 7.39. The molecule has 0 radical (unpaired) electrons. The molecule has 0 unspecified atom stereocenters. The van der Waals surface area contributed by atoms with Crippen LogP contribution in [0.4, 0.5) is 0 Å². The van der Waals surface area contributed by atoms with Gasteiger partial charge in [-0.2, -0.15) is 11.3 Å². The second kappa shape index (κ2) is 3.85. The average Bonchev–Trinajstić information content (AvgIpc) is 2.74. The van der Waals surface area contributed by atoms with E-state index in [9.17, 15) is 8.42 Å². The van der Waals surface area contributed by atoms with Crippen molar-refractivity contribution in [1.29, 1.82) is 0 Å². The van der Waals surface area contributed by atoms with E-state index in [-0.39, 0.29) is 10.8 Å². The Bertz CT molecular complexity index is 500. The summed E-state index contributed by atoms with van der Waals surface area (Å²) in [6.45, 7) is 3.65. The standard InChI is InChI=1S/C10H13NO3S2/c1-10(2)5-9(11-14-10)16(12,13)7-8-3-4-15-6-8/h3-4,6H,5,7H2,1-2H3. The number of hydrogen-bond donors (Lipinski definition) is 0.